The number of nitrogens with two attached hydrogens (primary N) is 1. The van der Waals surface area contributed by atoms with E-state index in [4.69, 9.17) is 17.3 Å². The molecule has 2 aromatic rings. The molecule has 0 amide bonds. The van der Waals surface area contributed by atoms with Gasteiger partial charge in [0.25, 0.3) is 0 Å². The first kappa shape index (κ1) is 14.0. The van der Waals surface area contributed by atoms with Gasteiger partial charge in [-0.15, -0.1) is 0 Å². The number of benzene rings is 2. The standard InChI is InChI=1S/C15H14ClF2N/c1-9-10(4-2-5-12(9)16)15(19)8-11-13(17)6-3-7-14(11)18/h2-7,15H,8,19H2,1H3. The Bertz CT molecular complexity index is 578. The molecule has 19 heavy (non-hydrogen) atoms. The minimum atomic E-state index is -0.574. The average molecular weight is 282 g/mol. The van der Waals surface area contributed by atoms with Crippen LogP contribution in [0.15, 0.2) is 36.4 Å². The second kappa shape index (κ2) is 5.68. The third kappa shape index (κ3) is 2.94. The van der Waals surface area contributed by atoms with Gasteiger partial charge in [-0.25, -0.2) is 8.78 Å². The molecule has 1 unspecified atom stereocenters. The molecule has 0 radical (unpaired) electrons. The maximum Gasteiger partial charge on any atom is 0.129 e. The summed E-state index contributed by atoms with van der Waals surface area (Å²) in [5.74, 6) is -1.15. The summed E-state index contributed by atoms with van der Waals surface area (Å²) >= 11 is 6.02. The first-order valence-electron chi connectivity index (χ1n) is 5.94. The largest absolute Gasteiger partial charge is 0.324 e. The number of rotatable bonds is 3. The van der Waals surface area contributed by atoms with Gasteiger partial charge in [0.2, 0.25) is 0 Å². The van der Waals surface area contributed by atoms with Gasteiger partial charge < -0.3 is 5.73 Å². The molecule has 2 N–H and O–H groups in total. The molecule has 0 fully saturated rings. The van der Waals surface area contributed by atoms with Crippen molar-refractivity contribution in [2.24, 2.45) is 5.73 Å². The second-order valence-corrected chi connectivity index (χ2v) is 4.87. The Hall–Kier alpha value is -1.45. The van der Waals surface area contributed by atoms with Crippen LogP contribution in [0.1, 0.15) is 22.7 Å². The predicted octanol–water partition coefficient (Wildman–Crippen LogP) is 4.17. The minimum absolute atomic E-state index is 0.00868. The van der Waals surface area contributed by atoms with Gasteiger partial charge in [-0.05, 0) is 42.7 Å². The van der Waals surface area contributed by atoms with E-state index >= 15 is 0 Å². The first-order valence-corrected chi connectivity index (χ1v) is 6.32. The molecule has 4 heteroatoms. The third-order valence-corrected chi connectivity index (χ3v) is 3.60. The lowest BCUT2D eigenvalue weighted by molar-refractivity contribution is 0.539. The molecule has 0 saturated heterocycles. The molecule has 100 valence electrons. The minimum Gasteiger partial charge on any atom is -0.324 e. The van der Waals surface area contributed by atoms with E-state index in [9.17, 15) is 8.78 Å². The van der Waals surface area contributed by atoms with Crippen molar-refractivity contribution in [3.8, 4) is 0 Å². The molecule has 2 rings (SSSR count). The maximum absolute atomic E-state index is 13.6. The summed E-state index contributed by atoms with van der Waals surface area (Å²) in [5.41, 5.74) is 7.69. The van der Waals surface area contributed by atoms with Crippen molar-refractivity contribution in [2.45, 2.75) is 19.4 Å². The maximum atomic E-state index is 13.6. The smallest absolute Gasteiger partial charge is 0.129 e. The van der Waals surface area contributed by atoms with Crippen LogP contribution in [0.4, 0.5) is 8.78 Å². The Morgan fingerprint density at radius 2 is 1.68 bits per heavy atom. The topological polar surface area (TPSA) is 26.0 Å². The number of halogens is 3. The van der Waals surface area contributed by atoms with Crippen LogP contribution in [-0.4, -0.2) is 0 Å². The van der Waals surface area contributed by atoms with Gasteiger partial charge in [-0.3, -0.25) is 0 Å². The van der Waals surface area contributed by atoms with Gasteiger partial charge in [-0.2, -0.15) is 0 Å². The van der Waals surface area contributed by atoms with E-state index in [1.165, 1.54) is 18.2 Å². The lowest BCUT2D eigenvalue weighted by Gasteiger charge is -2.16. The van der Waals surface area contributed by atoms with E-state index in [2.05, 4.69) is 0 Å². The van der Waals surface area contributed by atoms with E-state index in [1.54, 1.807) is 12.1 Å². The highest BCUT2D eigenvalue weighted by molar-refractivity contribution is 6.31. The molecule has 1 atom stereocenters. The van der Waals surface area contributed by atoms with E-state index in [1.807, 2.05) is 13.0 Å². The lowest BCUT2D eigenvalue weighted by Crippen LogP contribution is -2.16. The predicted molar refractivity (Wildman–Crippen MR) is 73.2 cm³/mol. The van der Waals surface area contributed by atoms with Crippen LogP contribution in [0.2, 0.25) is 5.02 Å². The molecule has 0 aliphatic carbocycles. The summed E-state index contributed by atoms with van der Waals surface area (Å²) in [6, 6.07) is 8.67. The third-order valence-electron chi connectivity index (χ3n) is 3.19. The van der Waals surface area contributed by atoms with Gasteiger partial charge in [0.05, 0.1) is 0 Å². The van der Waals surface area contributed by atoms with Crippen molar-refractivity contribution >= 4 is 11.6 Å². The Morgan fingerprint density at radius 3 is 2.32 bits per heavy atom. The van der Waals surface area contributed by atoms with Crippen molar-refractivity contribution < 1.29 is 8.78 Å². The summed E-state index contributed by atoms with van der Waals surface area (Å²) in [7, 11) is 0. The molecule has 2 aromatic carbocycles. The summed E-state index contributed by atoms with van der Waals surface area (Å²) in [6.45, 7) is 1.84. The van der Waals surface area contributed by atoms with Gasteiger partial charge in [-0.1, -0.05) is 29.8 Å². The zero-order chi connectivity index (χ0) is 14.0. The van der Waals surface area contributed by atoms with Crippen LogP contribution < -0.4 is 5.73 Å². The molecule has 0 aromatic heterocycles. The molecule has 0 saturated carbocycles. The second-order valence-electron chi connectivity index (χ2n) is 4.46. The number of hydrogen-bond acceptors (Lipinski definition) is 1. The summed E-state index contributed by atoms with van der Waals surface area (Å²) in [6.07, 6.45) is 0.0969. The summed E-state index contributed by atoms with van der Waals surface area (Å²) in [5, 5.41) is 0.599. The van der Waals surface area contributed by atoms with Crippen molar-refractivity contribution in [3.63, 3.8) is 0 Å². The van der Waals surface area contributed by atoms with Crippen LogP contribution in [0.3, 0.4) is 0 Å². The molecular weight excluding hydrogens is 268 g/mol. The van der Waals surface area contributed by atoms with Gasteiger partial charge in [0.1, 0.15) is 11.6 Å². The molecule has 0 heterocycles. The molecule has 0 spiro atoms. The Labute approximate surface area is 116 Å². The van der Waals surface area contributed by atoms with Crippen LogP contribution in [-0.2, 0) is 6.42 Å². The van der Waals surface area contributed by atoms with Crippen molar-refractivity contribution in [3.05, 3.63) is 69.7 Å². The SMILES string of the molecule is Cc1c(Cl)cccc1C(N)Cc1c(F)cccc1F. The summed E-state index contributed by atoms with van der Waals surface area (Å²) in [4.78, 5) is 0. The Morgan fingerprint density at radius 1 is 1.11 bits per heavy atom. The fraction of sp³-hybridized carbons (Fsp3) is 0.200. The lowest BCUT2D eigenvalue weighted by atomic mass is 9.95. The molecule has 0 aliphatic heterocycles. The van der Waals surface area contributed by atoms with Crippen LogP contribution in [0.5, 0.6) is 0 Å². The van der Waals surface area contributed by atoms with E-state index in [-0.39, 0.29) is 12.0 Å². The van der Waals surface area contributed by atoms with Crippen molar-refractivity contribution in [2.75, 3.05) is 0 Å². The Kier molecular flexibility index (Phi) is 4.17. The van der Waals surface area contributed by atoms with Gasteiger partial charge in [0, 0.05) is 16.6 Å². The van der Waals surface area contributed by atoms with Crippen molar-refractivity contribution in [1.82, 2.24) is 0 Å². The van der Waals surface area contributed by atoms with Crippen LogP contribution in [0, 0.1) is 18.6 Å². The quantitative estimate of drug-likeness (QED) is 0.898. The highest BCUT2D eigenvalue weighted by Gasteiger charge is 2.16. The molecular formula is C15H14ClF2N. The van der Waals surface area contributed by atoms with Crippen molar-refractivity contribution in [1.29, 1.82) is 0 Å². The normalized spacial score (nSPS) is 12.5. The van der Waals surface area contributed by atoms with Gasteiger partial charge >= 0.3 is 0 Å². The van der Waals surface area contributed by atoms with E-state index in [0.29, 0.717) is 5.02 Å². The fourth-order valence-corrected chi connectivity index (χ4v) is 2.26. The zero-order valence-corrected chi connectivity index (χ0v) is 11.2. The van der Waals surface area contributed by atoms with Crippen LogP contribution in [0.25, 0.3) is 0 Å². The highest BCUT2D eigenvalue weighted by atomic mass is 35.5. The van der Waals surface area contributed by atoms with E-state index < -0.39 is 17.7 Å². The monoisotopic (exact) mass is 281 g/mol. The fourth-order valence-electron chi connectivity index (χ4n) is 2.08. The van der Waals surface area contributed by atoms with E-state index in [0.717, 1.165) is 11.1 Å². The highest BCUT2D eigenvalue weighted by Crippen LogP contribution is 2.26. The first-order chi connectivity index (χ1) is 9.00. The molecule has 0 aliphatic rings. The molecule has 0 bridgehead atoms. The summed E-state index contributed by atoms with van der Waals surface area (Å²) < 4.78 is 27.2. The van der Waals surface area contributed by atoms with Gasteiger partial charge in [0.15, 0.2) is 0 Å². The average Bonchev–Trinajstić information content (AvgIpc) is 2.37. The zero-order valence-electron chi connectivity index (χ0n) is 10.5. The van der Waals surface area contributed by atoms with Crippen LogP contribution >= 0.6 is 11.6 Å². The Balaban J connectivity index is 2.31. The molecule has 1 nitrogen and oxygen atoms in total. The number of hydrogen-bond donors (Lipinski definition) is 1.